The molecule has 150 valence electrons. The Kier molecular flexibility index (Phi) is 5.41. The van der Waals surface area contributed by atoms with Crippen molar-refractivity contribution in [2.45, 2.75) is 17.9 Å². The molecule has 29 heavy (non-hydrogen) atoms. The summed E-state index contributed by atoms with van der Waals surface area (Å²) in [6, 6.07) is 12.0. The minimum atomic E-state index is -3.78. The van der Waals surface area contributed by atoms with Gasteiger partial charge in [-0.15, -0.1) is 0 Å². The molecule has 0 bridgehead atoms. The lowest BCUT2D eigenvalue weighted by Gasteiger charge is -2.11. The second-order valence-corrected chi connectivity index (χ2v) is 8.15. The molecule has 4 rings (SSSR count). The van der Waals surface area contributed by atoms with Gasteiger partial charge in [-0.2, -0.15) is 0 Å². The van der Waals surface area contributed by atoms with Gasteiger partial charge in [-0.05, 0) is 42.5 Å². The van der Waals surface area contributed by atoms with Crippen molar-refractivity contribution in [3.05, 3.63) is 66.4 Å². The highest BCUT2D eigenvalue weighted by Gasteiger charge is 2.19. The predicted octanol–water partition coefficient (Wildman–Crippen LogP) is 2.92. The molecule has 0 radical (unpaired) electrons. The van der Waals surface area contributed by atoms with Gasteiger partial charge in [0, 0.05) is 18.1 Å². The van der Waals surface area contributed by atoms with Crippen LogP contribution in [0.1, 0.15) is 12.1 Å². The molecule has 0 atom stereocenters. The molecule has 3 aromatic rings. The fraction of sp³-hybridized carbons (Fsp3) is 0.200. The number of nitrogens with zero attached hydrogens (tertiary/aromatic N) is 2. The zero-order valence-electron chi connectivity index (χ0n) is 15.3. The maximum absolute atomic E-state index is 13.1. The number of benzene rings is 2. The van der Waals surface area contributed by atoms with Crippen LogP contribution in [0.3, 0.4) is 0 Å². The van der Waals surface area contributed by atoms with Gasteiger partial charge in [0.25, 0.3) is 0 Å². The van der Waals surface area contributed by atoms with E-state index in [1.165, 1.54) is 30.6 Å². The van der Waals surface area contributed by atoms with E-state index < -0.39 is 10.0 Å². The number of aromatic nitrogens is 2. The Morgan fingerprint density at radius 3 is 2.52 bits per heavy atom. The summed E-state index contributed by atoms with van der Waals surface area (Å²) >= 11 is 0. The van der Waals surface area contributed by atoms with E-state index >= 15 is 0 Å². The SMILES string of the molecule is O=S(=O)(NCc1cc(-c2ccc(F)cc2)ncn1)c1ccc2c(c1)OCCCO2. The van der Waals surface area contributed by atoms with E-state index in [9.17, 15) is 12.8 Å². The Bertz CT molecular complexity index is 1120. The van der Waals surface area contributed by atoms with E-state index in [1.807, 2.05) is 0 Å². The first kappa shape index (κ1) is 19.3. The Morgan fingerprint density at radius 2 is 1.72 bits per heavy atom. The molecule has 2 aromatic carbocycles. The molecule has 0 saturated carbocycles. The van der Waals surface area contributed by atoms with Gasteiger partial charge in [0.15, 0.2) is 11.5 Å². The molecule has 0 fully saturated rings. The maximum atomic E-state index is 13.1. The molecule has 7 nitrogen and oxygen atoms in total. The Hall–Kier alpha value is -3.04. The smallest absolute Gasteiger partial charge is 0.241 e. The molecule has 9 heteroatoms. The highest BCUT2D eigenvalue weighted by molar-refractivity contribution is 7.89. The van der Waals surface area contributed by atoms with Crippen LogP contribution in [0.15, 0.2) is 59.8 Å². The second-order valence-electron chi connectivity index (χ2n) is 6.39. The monoisotopic (exact) mass is 415 g/mol. The Morgan fingerprint density at radius 1 is 0.966 bits per heavy atom. The topological polar surface area (TPSA) is 90.4 Å². The van der Waals surface area contributed by atoms with Gasteiger partial charge >= 0.3 is 0 Å². The van der Waals surface area contributed by atoms with E-state index in [4.69, 9.17) is 9.47 Å². The number of fused-ring (bicyclic) bond motifs is 1. The van der Waals surface area contributed by atoms with E-state index in [0.717, 1.165) is 6.42 Å². The van der Waals surface area contributed by atoms with E-state index in [0.29, 0.717) is 41.7 Å². The normalized spacial score (nSPS) is 13.7. The molecular formula is C20H18FN3O4S. The van der Waals surface area contributed by atoms with E-state index in [-0.39, 0.29) is 17.3 Å². The number of rotatable bonds is 5. The summed E-state index contributed by atoms with van der Waals surface area (Å²) in [7, 11) is -3.78. The summed E-state index contributed by atoms with van der Waals surface area (Å²) in [6.07, 6.45) is 2.08. The van der Waals surface area contributed by atoms with Crippen molar-refractivity contribution in [1.82, 2.24) is 14.7 Å². The van der Waals surface area contributed by atoms with Crippen molar-refractivity contribution < 1.29 is 22.3 Å². The van der Waals surface area contributed by atoms with E-state index in [2.05, 4.69) is 14.7 Å². The van der Waals surface area contributed by atoms with Crippen LogP contribution in [0.5, 0.6) is 11.5 Å². The number of halogens is 1. The lowest BCUT2D eigenvalue weighted by molar-refractivity contribution is 0.297. The van der Waals surface area contributed by atoms with Gasteiger partial charge in [-0.25, -0.2) is 27.5 Å². The average molecular weight is 415 g/mol. The van der Waals surface area contributed by atoms with Crippen LogP contribution in [0.2, 0.25) is 0 Å². The summed E-state index contributed by atoms with van der Waals surface area (Å²) < 4.78 is 52.1. The van der Waals surface area contributed by atoms with E-state index in [1.54, 1.807) is 24.3 Å². The van der Waals surface area contributed by atoms with Crippen LogP contribution in [-0.2, 0) is 16.6 Å². The van der Waals surface area contributed by atoms with Crippen LogP contribution in [0.4, 0.5) is 4.39 Å². The summed E-state index contributed by atoms with van der Waals surface area (Å²) in [5, 5.41) is 0. The lowest BCUT2D eigenvalue weighted by Crippen LogP contribution is -2.23. The van der Waals surface area contributed by atoms with Crippen LogP contribution in [0.25, 0.3) is 11.3 Å². The molecule has 1 aliphatic rings. The van der Waals surface area contributed by atoms with Crippen molar-refractivity contribution in [3.8, 4) is 22.8 Å². The Labute approximate surface area is 167 Å². The molecule has 1 aliphatic heterocycles. The summed E-state index contributed by atoms with van der Waals surface area (Å²) in [5.74, 6) is 0.595. The fourth-order valence-electron chi connectivity index (χ4n) is 2.84. The Balaban J connectivity index is 1.50. The molecule has 0 amide bonds. The van der Waals surface area contributed by atoms with Crippen molar-refractivity contribution in [3.63, 3.8) is 0 Å². The zero-order valence-corrected chi connectivity index (χ0v) is 16.2. The molecule has 0 aliphatic carbocycles. The number of nitrogens with one attached hydrogen (secondary N) is 1. The molecule has 0 unspecified atom stereocenters. The minimum absolute atomic E-state index is 0.0203. The van der Waals surface area contributed by atoms with Gasteiger partial charge in [0.05, 0.1) is 36.0 Å². The number of sulfonamides is 1. The standard InChI is InChI=1S/C20H18FN3O4S/c21-15-4-2-14(3-5-15)18-10-16(22-13-23-18)12-24-29(25,26)17-6-7-19-20(11-17)28-9-1-8-27-19/h2-7,10-11,13,24H,1,8-9,12H2. The fourth-order valence-corrected chi connectivity index (χ4v) is 3.85. The average Bonchev–Trinajstić information content (AvgIpc) is 2.98. The third-order valence-corrected chi connectivity index (χ3v) is 5.74. The maximum Gasteiger partial charge on any atom is 0.241 e. The summed E-state index contributed by atoms with van der Waals surface area (Å²) in [6.45, 7) is 0.978. The quantitative estimate of drug-likeness (QED) is 0.689. The highest BCUT2D eigenvalue weighted by Crippen LogP contribution is 2.31. The number of hydrogen-bond donors (Lipinski definition) is 1. The molecule has 0 saturated heterocycles. The van der Waals surface area contributed by atoms with Crippen molar-refractivity contribution in [1.29, 1.82) is 0 Å². The third kappa shape index (κ3) is 4.52. The van der Waals surface area contributed by atoms with Gasteiger partial charge in [-0.3, -0.25) is 0 Å². The van der Waals surface area contributed by atoms with Crippen LogP contribution < -0.4 is 14.2 Å². The first-order valence-electron chi connectivity index (χ1n) is 8.97. The van der Waals surface area contributed by atoms with Gasteiger partial charge in [0.1, 0.15) is 12.1 Å². The minimum Gasteiger partial charge on any atom is -0.490 e. The first-order valence-corrected chi connectivity index (χ1v) is 10.5. The molecule has 1 N–H and O–H groups in total. The van der Waals surface area contributed by atoms with Gasteiger partial charge < -0.3 is 9.47 Å². The number of hydrogen-bond acceptors (Lipinski definition) is 6. The third-order valence-electron chi connectivity index (χ3n) is 4.34. The summed E-state index contributed by atoms with van der Waals surface area (Å²) in [5.41, 5.74) is 1.77. The first-order chi connectivity index (χ1) is 14.0. The van der Waals surface area contributed by atoms with Crippen molar-refractivity contribution in [2.24, 2.45) is 0 Å². The van der Waals surface area contributed by atoms with Crippen molar-refractivity contribution >= 4 is 10.0 Å². The van der Waals surface area contributed by atoms with Crippen molar-refractivity contribution in [2.75, 3.05) is 13.2 Å². The zero-order chi connectivity index (χ0) is 20.3. The second kappa shape index (κ2) is 8.14. The van der Waals surface area contributed by atoms with Crippen LogP contribution in [-0.4, -0.2) is 31.6 Å². The summed E-state index contributed by atoms with van der Waals surface area (Å²) in [4.78, 5) is 8.34. The molecule has 1 aromatic heterocycles. The molecule has 0 spiro atoms. The van der Waals surface area contributed by atoms with Crippen LogP contribution in [0, 0.1) is 5.82 Å². The largest absolute Gasteiger partial charge is 0.490 e. The lowest BCUT2D eigenvalue weighted by atomic mass is 10.1. The molecular weight excluding hydrogens is 397 g/mol. The number of ether oxygens (including phenoxy) is 2. The highest BCUT2D eigenvalue weighted by atomic mass is 32.2. The molecule has 2 heterocycles. The van der Waals surface area contributed by atoms with Gasteiger partial charge in [-0.1, -0.05) is 0 Å². The van der Waals surface area contributed by atoms with Crippen LogP contribution >= 0.6 is 0 Å². The predicted molar refractivity (Wildman–Crippen MR) is 104 cm³/mol. The van der Waals surface area contributed by atoms with Gasteiger partial charge in [0.2, 0.25) is 10.0 Å².